The van der Waals surface area contributed by atoms with Crippen molar-refractivity contribution in [1.29, 1.82) is 0 Å². The minimum absolute atomic E-state index is 0.163. The summed E-state index contributed by atoms with van der Waals surface area (Å²) < 4.78 is 0. The minimum atomic E-state index is -0.645. The largest absolute Gasteiger partial charge is 0.326 e. The fourth-order valence-corrected chi connectivity index (χ4v) is 3.31. The normalized spacial score (nSPS) is 16.2. The molecular weight excluding hydrogens is 354 g/mol. The van der Waals surface area contributed by atoms with Gasteiger partial charge in [0.1, 0.15) is 6.04 Å². The van der Waals surface area contributed by atoms with Gasteiger partial charge in [0.05, 0.1) is 0 Å². The molecule has 2 aromatic carbocycles. The van der Waals surface area contributed by atoms with Gasteiger partial charge in [-0.25, -0.2) is 4.79 Å². The first-order valence-electron chi connectivity index (χ1n) is 9.47. The van der Waals surface area contributed by atoms with Gasteiger partial charge in [-0.05, 0) is 43.9 Å². The highest BCUT2D eigenvalue weighted by Gasteiger charge is 2.37. The van der Waals surface area contributed by atoms with Crippen LogP contribution in [0, 0.1) is 13.8 Å². The summed E-state index contributed by atoms with van der Waals surface area (Å²) in [7, 11) is 0. The fraction of sp³-hybridized carbons (Fsp3) is 0.318. The third-order valence-electron chi connectivity index (χ3n) is 4.89. The number of hydrogen-bond donors (Lipinski definition) is 2. The van der Waals surface area contributed by atoms with E-state index in [-0.39, 0.29) is 30.7 Å². The number of imide groups is 1. The van der Waals surface area contributed by atoms with Crippen molar-refractivity contribution in [3.8, 4) is 0 Å². The van der Waals surface area contributed by atoms with Gasteiger partial charge in [0.2, 0.25) is 5.91 Å². The van der Waals surface area contributed by atoms with E-state index in [9.17, 15) is 14.4 Å². The Morgan fingerprint density at radius 2 is 1.86 bits per heavy atom. The third kappa shape index (κ3) is 4.76. The van der Waals surface area contributed by atoms with Crippen LogP contribution >= 0.6 is 0 Å². The number of urea groups is 1. The van der Waals surface area contributed by atoms with Crippen LogP contribution in [0.25, 0.3) is 0 Å². The molecule has 146 valence electrons. The zero-order valence-corrected chi connectivity index (χ0v) is 16.2. The van der Waals surface area contributed by atoms with E-state index in [1.165, 1.54) is 4.90 Å². The lowest BCUT2D eigenvalue weighted by atomic mass is 10.1. The topological polar surface area (TPSA) is 78.5 Å². The predicted octanol–water partition coefficient (Wildman–Crippen LogP) is 3.19. The van der Waals surface area contributed by atoms with Crippen molar-refractivity contribution < 1.29 is 14.4 Å². The van der Waals surface area contributed by atoms with Crippen molar-refractivity contribution in [3.63, 3.8) is 0 Å². The molecule has 3 rings (SSSR count). The Morgan fingerprint density at radius 1 is 1.11 bits per heavy atom. The molecule has 1 aliphatic heterocycles. The van der Waals surface area contributed by atoms with Gasteiger partial charge in [0.15, 0.2) is 0 Å². The van der Waals surface area contributed by atoms with Crippen LogP contribution in [0.4, 0.5) is 10.5 Å². The summed E-state index contributed by atoms with van der Waals surface area (Å²) >= 11 is 0. The Morgan fingerprint density at radius 3 is 2.57 bits per heavy atom. The van der Waals surface area contributed by atoms with Crippen molar-refractivity contribution in [1.82, 2.24) is 10.2 Å². The van der Waals surface area contributed by atoms with Crippen molar-refractivity contribution in [2.75, 3.05) is 11.9 Å². The molecule has 2 aromatic rings. The van der Waals surface area contributed by atoms with E-state index in [2.05, 4.69) is 10.6 Å². The van der Waals surface area contributed by atoms with E-state index in [0.717, 1.165) is 22.4 Å². The van der Waals surface area contributed by atoms with Crippen molar-refractivity contribution in [2.45, 2.75) is 39.2 Å². The quantitative estimate of drug-likeness (QED) is 0.725. The number of benzene rings is 2. The average molecular weight is 379 g/mol. The van der Waals surface area contributed by atoms with Gasteiger partial charge < -0.3 is 10.6 Å². The maximum Gasteiger partial charge on any atom is 0.324 e. The molecule has 1 heterocycles. The molecule has 1 aliphatic rings. The molecule has 2 N–H and O–H groups in total. The van der Waals surface area contributed by atoms with Gasteiger partial charge >= 0.3 is 6.03 Å². The first kappa shape index (κ1) is 19.6. The van der Waals surface area contributed by atoms with Crippen molar-refractivity contribution in [3.05, 3.63) is 65.2 Å². The maximum atomic E-state index is 12.5. The monoisotopic (exact) mass is 379 g/mol. The van der Waals surface area contributed by atoms with Gasteiger partial charge in [-0.3, -0.25) is 14.5 Å². The first-order valence-corrected chi connectivity index (χ1v) is 9.47. The van der Waals surface area contributed by atoms with Gasteiger partial charge in [0.25, 0.3) is 5.91 Å². The summed E-state index contributed by atoms with van der Waals surface area (Å²) in [4.78, 5) is 38.1. The van der Waals surface area contributed by atoms with Crippen LogP contribution in [0.5, 0.6) is 0 Å². The molecular formula is C22H25N3O3. The van der Waals surface area contributed by atoms with E-state index >= 15 is 0 Å². The highest BCUT2D eigenvalue weighted by molar-refractivity contribution is 6.04. The van der Waals surface area contributed by atoms with E-state index < -0.39 is 6.04 Å². The summed E-state index contributed by atoms with van der Waals surface area (Å²) in [5.41, 5.74) is 3.96. The summed E-state index contributed by atoms with van der Waals surface area (Å²) in [5, 5.41) is 5.55. The fourth-order valence-electron chi connectivity index (χ4n) is 3.31. The van der Waals surface area contributed by atoms with E-state index in [1.807, 2.05) is 62.4 Å². The highest BCUT2D eigenvalue weighted by atomic mass is 16.2. The zero-order chi connectivity index (χ0) is 20.1. The van der Waals surface area contributed by atoms with Gasteiger partial charge in [-0.2, -0.15) is 0 Å². The molecule has 6 nitrogen and oxygen atoms in total. The Bertz CT molecular complexity index is 880. The summed E-state index contributed by atoms with van der Waals surface area (Å²) in [6.45, 7) is 4.27. The van der Waals surface area contributed by atoms with Crippen LogP contribution in [0.2, 0.25) is 0 Å². The van der Waals surface area contributed by atoms with Gasteiger partial charge in [-0.1, -0.05) is 48.0 Å². The van der Waals surface area contributed by atoms with Gasteiger partial charge in [0, 0.05) is 18.7 Å². The Balaban J connectivity index is 1.50. The summed E-state index contributed by atoms with van der Waals surface area (Å²) in [6.07, 6.45) is 1.06. The number of hydrogen-bond acceptors (Lipinski definition) is 3. The van der Waals surface area contributed by atoms with Crippen molar-refractivity contribution >= 4 is 23.5 Å². The number of carbonyl (C=O) groups is 3. The number of aryl methyl sites for hydroxylation is 2. The number of nitrogens with zero attached hydrogens (tertiary/aromatic N) is 1. The van der Waals surface area contributed by atoms with E-state index in [1.54, 1.807) is 0 Å². The minimum Gasteiger partial charge on any atom is -0.326 e. The van der Waals surface area contributed by atoms with Crippen LogP contribution in [0.15, 0.2) is 48.5 Å². The lowest BCUT2D eigenvalue weighted by Gasteiger charge is -2.13. The van der Waals surface area contributed by atoms with Crippen LogP contribution < -0.4 is 10.6 Å². The smallest absolute Gasteiger partial charge is 0.324 e. The number of carbonyl (C=O) groups excluding carboxylic acids is 3. The van der Waals surface area contributed by atoms with Crippen LogP contribution in [0.1, 0.15) is 29.5 Å². The molecule has 0 aliphatic carbocycles. The Kier molecular flexibility index (Phi) is 6.09. The standard InChI is InChI=1S/C22H25N3O3/c1-15-8-9-18(16(2)14-15)23-20(26)11-10-19-21(27)25(22(28)24-19)13-12-17-6-4-3-5-7-17/h3-9,14,19H,10-13H2,1-2H3,(H,23,26)(H,24,28)/t19-/m1/s1. The number of anilines is 1. The Hall–Kier alpha value is -3.15. The number of rotatable bonds is 7. The van der Waals surface area contributed by atoms with Crippen LogP contribution in [-0.4, -0.2) is 35.3 Å². The first-order chi connectivity index (χ1) is 13.4. The van der Waals surface area contributed by atoms with E-state index in [0.29, 0.717) is 13.0 Å². The average Bonchev–Trinajstić information content (AvgIpc) is 2.94. The molecule has 4 amide bonds. The molecule has 1 fully saturated rings. The SMILES string of the molecule is Cc1ccc(NC(=O)CC[C@H]2NC(=O)N(CCc3ccccc3)C2=O)c(C)c1. The van der Waals surface area contributed by atoms with E-state index in [4.69, 9.17) is 0 Å². The molecule has 0 unspecified atom stereocenters. The summed E-state index contributed by atoms with van der Waals surface area (Å²) in [5.74, 6) is -0.433. The number of amides is 4. The molecule has 1 saturated heterocycles. The lowest BCUT2D eigenvalue weighted by molar-refractivity contribution is -0.127. The lowest BCUT2D eigenvalue weighted by Crippen LogP contribution is -2.33. The zero-order valence-electron chi connectivity index (χ0n) is 16.2. The molecule has 1 atom stereocenters. The molecule has 0 spiro atoms. The van der Waals surface area contributed by atoms with Crippen LogP contribution in [0.3, 0.4) is 0 Å². The molecule has 0 saturated carbocycles. The second-order valence-corrected chi connectivity index (χ2v) is 7.13. The molecule has 28 heavy (non-hydrogen) atoms. The van der Waals surface area contributed by atoms with Gasteiger partial charge in [-0.15, -0.1) is 0 Å². The highest BCUT2D eigenvalue weighted by Crippen LogP contribution is 2.17. The number of nitrogens with one attached hydrogen (secondary N) is 2. The molecule has 0 aromatic heterocycles. The van der Waals surface area contributed by atoms with Crippen molar-refractivity contribution in [2.24, 2.45) is 0 Å². The maximum absolute atomic E-state index is 12.5. The third-order valence-corrected chi connectivity index (χ3v) is 4.89. The molecule has 0 radical (unpaired) electrons. The predicted molar refractivity (Wildman–Crippen MR) is 108 cm³/mol. The second kappa shape index (κ2) is 8.69. The second-order valence-electron chi connectivity index (χ2n) is 7.13. The molecule has 6 heteroatoms. The van der Waals surface area contributed by atoms with Crippen LogP contribution in [-0.2, 0) is 16.0 Å². The molecule has 0 bridgehead atoms. The Labute approximate surface area is 164 Å². The summed E-state index contributed by atoms with van der Waals surface area (Å²) in [6, 6.07) is 14.5.